The summed E-state index contributed by atoms with van der Waals surface area (Å²) in [6.07, 6.45) is 0.267. The lowest BCUT2D eigenvalue weighted by atomic mass is 10.1. The fraction of sp³-hybridized carbons (Fsp3) is 0.889. The van der Waals surface area contributed by atoms with Crippen LogP contribution in [-0.2, 0) is 14.8 Å². The fourth-order valence-electron chi connectivity index (χ4n) is 0.772. The Morgan fingerprint density at radius 3 is 2.07 bits per heavy atom. The van der Waals surface area contributed by atoms with E-state index in [1.165, 1.54) is 0 Å². The van der Waals surface area contributed by atoms with Crippen LogP contribution in [0.25, 0.3) is 0 Å². The number of rotatable bonds is 6. The van der Waals surface area contributed by atoms with Gasteiger partial charge in [0.2, 0.25) is 10.0 Å². The molecular formula is C9H19NO3S. The molecule has 0 saturated carbocycles. The topological polar surface area (TPSA) is 63.2 Å². The molecule has 0 amide bonds. The maximum Gasteiger partial charge on any atom is 0.213 e. The highest BCUT2D eigenvalue weighted by atomic mass is 32.2. The summed E-state index contributed by atoms with van der Waals surface area (Å²) in [4.78, 5) is 11.2. The Morgan fingerprint density at radius 2 is 1.71 bits per heavy atom. The van der Waals surface area contributed by atoms with E-state index in [0.29, 0.717) is 0 Å². The van der Waals surface area contributed by atoms with Gasteiger partial charge in [-0.05, 0) is 13.8 Å². The van der Waals surface area contributed by atoms with E-state index >= 15 is 0 Å². The van der Waals surface area contributed by atoms with Crippen molar-refractivity contribution in [2.45, 2.75) is 39.4 Å². The second-order valence-electron chi connectivity index (χ2n) is 3.86. The number of Topliss-reactive ketones (excluding diaryl/α,β-unsaturated/α-hetero) is 1. The van der Waals surface area contributed by atoms with Crippen molar-refractivity contribution < 1.29 is 13.2 Å². The van der Waals surface area contributed by atoms with Gasteiger partial charge in [-0.1, -0.05) is 13.8 Å². The molecule has 1 N–H and O–H groups in total. The third-order valence-corrected chi connectivity index (χ3v) is 3.79. The van der Waals surface area contributed by atoms with Crippen LogP contribution in [0.1, 0.15) is 34.1 Å². The van der Waals surface area contributed by atoms with Crippen LogP contribution in [0.4, 0.5) is 0 Å². The van der Waals surface area contributed by atoms with Gasteiger partial charge in [0.25, 0.3) is 0 Å². The Kier molecular flexibility index (Phi) is 5.29. The van der Waals surface area contributed by atoms with E-state index in [2.05, 4.69) is 4.72 Å². The summed E-state index contributed by atoms with van der Waals surface area (Å²) in [5, 5.41) is -0.448. The molecule has 0 aromatic carbocycles. The Hall–Kier alpha value is -0.420. The molecule has 0 unspecified atom stereocenters. The molecule has 0 aliphatic heterocycles. The SMILES string of the molecule is CC(C)C(=O)CCNS(=O)(=O)C(C)C. The summed E-state index contributed by atoms with van der Waals surface area (Å²) < 4.78 is 24.9. The molecule has 0 rings (SSSR count). The van der Waals surface area contributed by atoms with Crippen molar-refractivity contribution in [2.24, 2.45) is 5.92 Å². The second kappa shape index (κ2) is 5.46. The Balaban J connectivity index is 3.93. The summed E-state index contributed by atoms with van der Waals surface area (Å²) in [7, 11) is -3.22. The predicted molar refractivity (Wildman–Crippen MR) is 56.5 cm³/mol. The average Bonchev–Trinajstić information content (AvgIpc) is 2.03. The Morgan fingerprint density at radius 1 is 1.21 bits per heavy atom. The summed E-state index contributed by atoms with van der Waals surface area (Å²) in [6.45, 7) is 7.02. The Bertz CT molecular complexity index is 280. The minimum atomic E-state index is -3.22. The van der Waals surface area contributed by atoms with Crippen molar-refractivity contribution in [1.82, 2.24) is 4.72 Å². The van der Waals surface area contributed by atoms with Gasteiger partial charge in [-0.15, -0.1) is 0 Å². The van der Waals surface area contributed by atoms with Crippen LogP contribution >= 0.6 is 0 Å². The summed E-state index contributed by atoms with van der Waals surface area (Å²) >= 11 is 0. The molecule has 0 fully saturated rings. The van der Waals surface area contributed by atoms with E-state index in [0.717, 1.165) is 0 Å². The molecule has 4 nitrogen and oxygen atoms in total. The first-order valence-electron chi connectivity index (χ1n) is 4.78. The van der Waals surface area contributed by atoms with Crippen LogP contribution in [0.15, 0.2) is 0 Å². The average molecular weight is 221 g/mol. The standard InChI is InChI=1S/C9H19NO3S/c1-7(2)9(11)5-6-10-14(12,13)8(3)4/h7-8,10H,5-6H2,1-4H3. The van der Waals surface area contributed by atoms with E-state index in [9.17, 15) is 13.2 Å². The number of carbonyl (C=O) groups excluding carboxylic acids is 1. The van der Waals surface area contributed by atoms with Crippen molar-refractivity contribution >= 4 is 15.8 Å². The highest BCUT2D eigenvalue weighted by Crippen LogP contribution is 1.99. The van der Waals surface area contributed by atoms with E-state index in [4.69, 9.17) is 0 Å². The van der Waals surface area contributed by atoms with Gasteiger partial charge in [-0.2, -0.15) is 0 Å². The lowest BCUT2D eigenvalue weighted by molar-refractivity contribution is -0.121. The first-order chi connectivity index (χ1) is 6.27. The number of hydrogen-bond acceptors (Lipinski definition) is 3. The molecule has 0 saturated heterocycles. The molecule has 14 heavy (non-hydrogen) atoms. The van der Waals surface area contributed by atoms with Gasteiger partial charge in [-0.3, -0.25) is 4.79 Å². The fourth-order valence-corrected chi connectivity index (χ4v) is 1.49. The zero-order chi connectivity index (χ0) is 11.4. The van der Waals surface area contributed by atoms with Gasteiger partial charge >= 0.3 is 0 Å². The van der Waals surface area contributed by atoms with Crippen molar-refractivity contribution in [3.8, 4) is 0 Å². The number of carbonyl (C=O) groups is 1. The highest BCUT2D eigenvalue weighted by molar-refractivity contribution is 7.90. The van der Waals surface area contributed by atoms with E-state index < -0.39 is 15.3 Å². The molecule has 0 spiro atoms. The summed E-state index contributed by atoms with van der Waals surface area (Å²) in [6, 6.07) is 0. The smallest absolute Gasteiger partial charge is 0.213 e. The van der Waals surface area contributed by atoms with Crippen LogP contribution in [0, 0.1) is 5.92 Å². The van der Waals surface area contributed by atoms with Gasteiger partial charge in [0, 0.05) is 18.9 Å². The van der Waals surface area contributed by atoms with Crippen molar-refractivity contribution in [2.75, 3.05) is 6.54 Å². The minimum absolute atomic E-state index is 0.0291. The predicted octanol–water partition coefficient (Wildman–Crippen LogP) is 0.929. The molecule has 0 bridgehead atoms. The Labute approximate surface area is 86.1 Å². The minimum Gasteiger partial charge on any atom is -0.299 e. The van der Waals surface area contributed by atoms with Crippen LogP contribution in [0.5, 0.6) is 0 Å². The molecule has 84 valence electrons. The quantitative estimate of drug-likeness (QED) is 0.725. The lowest BCUT2D eigenvalue weighted by Gasteiger charge is -2.09. The van der Waals surface area contributed by atoms with E-state index in [1.54, 1.807) is 27.7 Å². The van der Waals surface area contributed by atoms with Crippen molar-refractivity contribution in [3.63, 3.8) is 0 Å². The molecule has 5 heteroatoms. The van der Waals surface area contributed by atoms with Crippen LogP contribution in [-0.4, -0.2) is 26.0 Å². The highest BCUT2D eigenvalue weighted by Gasteiger charge is 2.15. The molecule has 0 heterocycles. The van der Waals surface area contributed by atoms with Gasteiger partial charge < -0.3 is 0 Å². The number of hydrogen-bond donors (Lipinski definition) is 1. The van der Waals surface area contributed by atoms with Gasteiger partial charge in [0.15, 0.2) is 0 Å². The first kappa shape index (κ1) is 13.6. The van der Waals surface area contributed by atoms with E-state index in [-0.39, 0.29) is 24.7 Å². The monoisotopic (exact) mass is 221 g/mol. The second-order valence-corrected chi connectivity index (χ2v) is 6.18. The van der Waals surface area contributed by atoms with Gasteiger partial charge in [-0.25, -0.2) is 13.1 Å². The number of ketones is 1. The van der Waals surface area contributed by atoms with Crippen LogP contribution in [0.3, 0.4) is 0 Å². The molecule has 0 aromatic heterocycles. The zero-order valence-electron chi connectivity index (χ0n) is 9.20. The van der Waals surface area contributed by atoms with Crippen molar-refractivity contribution in [1.29, 1.82) is 0 Å². The first-order valence-corrected chi connectivity index (χ1v) is 6.33. The third kappa shape index (κ3) is 4.72. The molecular weight excluding hydrogens is 202 g/mol. The van der Waals surface area contributed by atoms with Crippen molar-refractivity contribution in [3.05, 3.63) is 0 Å². The largest absolute Gasteiger partial charge is 0.299 e. The summed E-state index contributed by atoms with van der Waals surface area (Å²) in [5.41, 5.74) is 0. The maximum absolute atomic E-state index is 11.3. The number of sulfonamides is 1. The van der Waals surface area contributed by atoms with E-state index in [1.807, 2.05) is 0 Å². The van der Waals surface area contributed by atoms with Gasteiger partial charge in [0.1, 0.15) is 5.78 Å². The van der Waals surface area contributed by atoms with Gasteiger partial charge in [0.05, 0.1) is 5.25 Å². The molecule has 0 aliphatic rings. The zero-order valence-corrected chi connectivity index (χ0v) is 10.0. The lowest BCUT2D eigenvalue weighted by Crippen LogP contribution is -2.32. The number of nitrogens with one attached hydrogen (secondary N) is 1. The molecule has 0 radical (unpaired) electrons. The van der Waals surface area contributed by atoms with Crippen LogP contribution < -0.4 is 4.72 Å². The van der Waals surface area contributed by atoms with Crippen LogP contribution in [0.2, 0.25) is 0 Å². The molecule has 0 atom stereocenters. The maximum atomic E-state index is 11.3. The normalized spacial score (nSPS) is 12.4. The molecule has 0 aromatic rings. The molecule has 0 aliphatic carbocycles. The summed E-state index contributed by atoms with van der Waals surface area (Å²) in [5.74, 6) is 0.0509. The third-order valence-electron chi connectivity index (χ3n) is 1.94.